The number of nitrogens with zero attached hydrogens (tertiary/aromatic N) is 6. The highest BCUT2D eigenvalue weighted by Crippen LogP contribution is 2.31. The van der Waals surface area contributed by atoms with Gasteiger partial charge in [0.15, 0.2) is 5.82 Å². The van der Waals surface area contributed by atoms with Crippen LogP contribution in [0.5, 0.6) is 5.75 Å². The number of thiophene rings is 1. The van der Waals surface area contributed by atoms with E-state index in [9.17, 15) is 0 Å². The highest BCUT2D eigenvalue weighted by molar-refractivity contribution is 7.09. The molecular formula is C21H28N6OS. The molecule has 3 heterocycles. The summed E-state index contributed by atoms with van der Waals surface area (Å²) in [7, 11) is 1.74. The van der Waals surface area contributed by atoms with Crippen LogP contribution in [0.1, 0.15) is 36.5 Å². The molecule has 0 bridgehead atoms. The highest BCUT2D eigenvalue weighted by atomic mass is 32.1. The second-order valence-electron chi connectivity index (χ2n) is 7.27. The number of rotatable bonds is 8. The molecule has 3 aromatic rings. The molecule has 1 aliphatic rings. The number of anilines is 1. The van der Waals surface area contributed by atoms with Crippen molar-refractivity contribution < 1.29 is 4.74 Å². The Hall–Kier alpha value is -2.45. The monoisotopic (exact) mass is 412 g/mol. The molecule has 4 rings (SSSR count). The molecule has 2 aromatic heterocycles. The van der Waals surface area contributed by atoms with Crippen LogP contribution in [-0.2, 0) is 6.54 Å². The van der Waals surface area contributed by atoms with Crippen molar-refractivity contribution in [3.63, 3.8) is 0 Å². The number of ether oxygens (including phenoxy) is 1. The maximum absolute atomic E-state index is 5.55. The molecule has 0 saturated carbocycles. The third-order valence-electron chi connectivity index (χ3n) is 5.49. The molecule has 7 nitrogen and oxygen atoms in total. The van der Waals surface area contributed by atoms with Crippen molar-refractivity contribution in [1.29, 1.82) is 0 Å². The first-order valence-electron chi connectivity index (χ1n) is 10.2. The quantitative estimate of drug-likeness (QED) is 0.565. The number of hydrogen-bond donors (Lipinski definition) is 0. The highest BCUT2D eigenvalue weighted by Gasteiger charge is 2.29. The Labute approximate surface area is 175 Å². The van der Waals surface area contributed by atoms with Gasteiger partial charge in [0.1, 0.15) is 5.75 Å². The Morgan fingerprint density at radius 2 is 1.93 bits per heavy atom. The molecule has 1 atom stereocenters. The van der Waals surface area contributed by atoms with Crippen molar-refractivity contribution >= 4 is 17.0 Å². The van der Waals surface area contributed by atoms with Crippen LogP contribution in [0.4, 0.5) is 5.69 Å². The number of methoxy groups -OCH3 is 1. The van der Waals surface area contributed by atoms with Crippen LogP contribution in [0, 0.1) is 0 Å². The smallest absolute Gasteiger partial charge is 0.168 e. The summed E-state index contributed by atoms with van der Waals surface area (Å²) in [5.41, 5.74) is 1.17. The van der Waals surface area contributed by atoms with Crippen LogP contribution in [-0.4, -0.2) is 58.4 Å². The minimum atomic E-state index is 0.245. The lowest BCUT2D eigenvalue weighted by molar-refractivity contribution is 0.164. The van der Waals surface area contributed by atoms with Gasteiger partial charge in [-0.3, -0.25) is 4.90 Å². The fraction of sp³-hybridized carbons (Fsp3) is 0.476. The third kappa shape index (κ3) is 4.43. The minimum Gasteiger partial charge on any atom is -0.495 e. The van der Waals surface area contributed by atoms with E-state index >= 15 is 0 Å². The van der Waals surface area contributed by atoms with Crippen molar-refractivity contribution in [3.8, 4) is 5.75 Å². The van der Waals surface area contributed by atoms with Crippen LogP contribution in [0.15, 0.2) is 41.8 Å². The van der Waals surface area contributed by atoms with Crippen LogP contribution in [0.3, 0.4) is 0 Å². The Kier molecular flexibility index (Phi) is 6.41. The van der Waals surface area contributed by atoms with Gasteiger partial charge in [-0.05, 0) is 40.4 Å². The van der Waals surface area contributed by atoms with Gasteiger partial charge in [0, 0.05) is 31.1 Å². The average molecular weight is 413 g/mol. The summed E-state index contributed by atoms with van der Waals surface area (Å²) in [5.74, 6) is 1.91. The number of piperazine rings is 1. The molecule has 1 aliphatic heterocycles. The molecule has 1 aromatic carbocycles. The summed E-state index contributed by atoms with van der Waals surface area (Å²) in [5, 5.41) is 14.8. The summed E-state index contributed by atoms with van der Waals surface area (Å²) in [4.78, 5) is 6.22. The summed E-state index contributed by atoms with van der Waals surface area (Å²) < 4.78 is 7.52. The van der Waals surface area contributed by atoms with E-state index in [-0.39, 0.29) is 6.04 Å². The molecule has 1 unspecified atom stereocenters. The Morgan fingerprint density at radius 1 is 1.10 bits per heavy atom. The standard InChI is InChI=1S/C21H28N6OS/c1-3-7-19(21-22-23-24-27(21)16-17-8-6-15-29-17)26-13-11-25(12-14-26)18-9-4-5-10-20(18)28-2/h4-6,8-10,15,19H,3,7,11-14,16H2,1-2H3. The zero-order chi connectivity index (χ0) is 20.1. The SMILES string of the molecule is CCCC(c1nnnn1Cc1cccs1)N1CCN(c2ccccc2OC)CC1. The first-order valence-corrected chi connectivity index (χ1v) is 11.1. The zero-order valence-corrected chi connectivity index (χ0v) is 17.9. The van der Waals surface area contributed by atoms with Crippen LogP contribution in [0.2, 0.25) is 0 Å². The van der Waals surface area contributed by atoms with Crippen molar-refractivity contribution in [1.82, 2.24) is 25.1 Å². The fourth-order valence-electron chi connectivity index (χ4n) is 4.03. The third-order valence-corrected chi connectivity index (χ3v) is 6.35. The molecule has 29 heavy (non-hydrogen) atoms. The van der Waals surface area contributed by atoms with E-state index in [1.165, 1.54) is 10.6 Å². The minimum absolute atomic E-state index is 0.245. The van der Waals surface area contributed by atoms with Crippen molar-refractivity contribution in [2.75, 3.05) is 38.2 Å². The van der Waals surface area contributed by atoms with Gasteiger partial charge in [-0.1, -0.05) is 31.5 Å². The van der Waals surface area contributed by atoms with Gasteiger partial charge in [0.05, 0.1) is 25.4 Å². The lowest BCUT2D eigenvalue weighted by atomic mass is 10.1. The molecule has 0 radical (unpaired) electrons. The number of hydrogen-bond acceptors (Lipinski definition) is 7. The van der Waals surface area contributed by atoms with Crippen molar-refractivity contribution in [2.45, 2.75) is 32.4 Å². The van der Waals surface area contributed by atoms with Crippen LogP contribution >= 0.6 is 11.3 Å². The zero-order valence-electron chi connectivity index (χ0n) is 17.1. The fourth-order valence-corrected chi connectivity index (χ4v) is 4.71. The first kappa shape index (κ1) is 19.8. The summed E-state index contributed by atoms with van der Waals surface area (Å²) in [6, 6.07) is 12.7. The van der Waals surface area contributed by atoms with Gasteiger partial charge in [0.25, 0.3) is 0 Å². The molecule has 1 saturated heterocycles. The molecular weight excluding hydrogens is 384 g/mol. The second-order valence-corrected chi connectivity index (χ2v) is 8.31. The van der Waals surface area contributed by atoms with Crippen molar-refractivity contribution in [3.05, 3.63) is 52.5 Å². The Morgan fingerprint density at radius 3 is 2.66 bits per heavy atom. The van der Waals surface area contributed by atoms with Gasteiger partial charge in [-0.15, -0.1) is 16.4 Å². The van der Waals surface area contributed by atoms with E-state index in [4.69, 9.17) is 4.74 Å². The second kappa shape index (κ2) is 9.37. The Balaban J connectivity index is 1.48. The largest absolute Gasteiger partial charge is 0.495 e. The number of para-hydroxylation sites is 2. The summed E-state index contributed by atoms with van der Waals surface area (Å²) >= 11 is 1.74. The summed E-state index contributed by atoms with van der Waals surface area (Å²) in [6.07, 6.45) is 2.16. The molecule has 0 spiro atoms. The van der Waals surface area contributed by atoms with E-state index in [0.717, 1.165) is 57.1 Å². The number of benzene rings is 1. The van der Waals surface area contributed by atoms with Gasteiger partial charge in [-0.2, -0.15) is 0 Å². The molecule has 0 aliphatic carbocycles. The predicted molar refractivity (Wildman–Crippen MR) is 116 cm³/mol. The van der Waals surface area contributed by atoms with E-state index in [2.05, 4.69) is 61.9 Å². The van der Waals surface area contributed by atoms with E-state index in [0.29, 0.717) is 0 Å². The lowest BCUT2D eigenvalue weighted by Gasteiger charge is -2.40. The molecule has 0 N–H and O–H groups in total. The average Bonchev–Trinajstić information content (AvgIpc) is 3.45. The summed E-state index contributed by atoms with van der Waals surface area (Å²) in [6.45, 7) is 6.86. The normalized spacial score (nSPS) is 16.1. The molecule has 8 heteroatoms. The molecule has 1 fully saturated rings. The van der Waals surface area contributed by atoms with Gasteiger partial charge >= 0.3 is 0 Å². The van der Waals surface area contributed by atoms with E-state index < -0.39 is 0 Å². The van der Waals surface area contributed by atoms with Crippen molar-refractivity contribution in [2.24, 2.45) is 0 Å². The Bertz CT molecular complexity index is 888. The van der Waals surface area contributed by atoms with E-state index in [1.807, 2.05) is 16.8 Å². The first-order chi connectivity index (χ1) is 14.3. The molecule has 0 amide bonds. The number of tetrazole rings is 1. The molecule has 154 valence electrons. The van der Waals surface area contributed by atoms with Gasteiger partial charge in [0.2, 0.25) is 0 Å². The maximum Gasteiger partial charge on any atom is 0.168 e. The van der Waals surface area contributed by atoms with Crippen LogP contribution < -0.4 is 9.64 Å². The van der Waals surface area contributed by atoms with Gasteiger partial charge in [-0.25, -0.2) is 4.68 Å². The maximum atomic E-state index is 5.55. The van der Waals surface area contributed by atoms with Gasteiger partial charge < -0.3 is 9.64 Å². The van der Waals surface area contributed by atoms with Crippen LogP contribution in [0.25, 0.3) is 0 Å². The predicted octanol–water partition coefficient (Wildman–Crippen LogP) is 3.45. The topological polar surface area (TPSA) is 59.3 Å². The lowest BCUT2D eigenvalue weighted by Crippen LogP contribution is -2.48. The number of aromatic nitrogens is 4. The van der Waals surface area contributed by atoms with E-state index in [1.54, 1.807) is 18.4 Å².